The molecule has 1 atom stereocenters. The molecule has 1 saturated heterocycles. The molecule has 0 radical (unpaired) electrons. The lowest BCUT2D eigenvalue weighted by molar-refractivity contribution is -0.120. The first-order valence-corrected chi connectivity index (χ1v) is 7.12. The minimum atomic E-state index is -0.462. The summed E-state index contributed by atoms with van der Waals surface area (Å²) >= 11 is 0. The van der Waals surface area contributed by atoms with Gasteiger partial charge in [0.25, 0.3) is 0 Å². The van der Waals surface area contributed by atoms with Gasteiger partial charge in [-0.25, -0.2) is 4.79 Å². The maximum absolute atomic E-state index is 11.6. The molecule has 0 saturated carbocycles. The summed E-state index contributed by atoms with van der Waals surface area (Å²) in [6.45, 7) is 4.05. The summed E-state index contributed by atoms with van der Waals surface area (Å²) in [6.07, 6.45) is 2.69. The number of ether oxygens (including phenoxy) is 1. The highest BCUT2D eigenvalue weighted by Crippen LogP contribution is 2.07. The van der Waals surface area contributed by atoms with Crippen molar-refractivity contribution in [2.75, 3.05) is 46.9 Å². The Labute approximate surface area is 120 Å². The zero-order valence-electron chi connectivity index (χ0n) is 12.4. The zero-order chi connectivity index (χ0) is 14.8. The van der Waals surface area contributed by atoms with Gasteiger partial charge < -0.3 is 15.4 Å². The number of hydrogen-bond acceptors (Lipinski definition) is 5. The number of hydrogen-bond donors (Lipinski definition) is 3. The van der Waals surface area contributed by atoms with Crippen LogP contribution >= 0.6 is 0 Å². The second kappa shape index (κ2) is 9.68. The number of carbonyl (C=O) groups excluding carboxylic acids is 2. The van der Waals surface area contributed by atoms with Crippen molar-refractivity contribution in [3.05, 3.63) is 0 Å². The number of nitrogens with one attached hydrogen (secondary N) is 3. The van der Waals surface area contributed by atoms with E-state index in [1.165, 1.54) is 19.9 Å². The third-order valence-electron chi connectivity index (χ3n) is 3.39. The smallest absolute Gasteiger partial charge is 0.321 e. The van der Waals surface area contributed by atoms with Crippen molar-refractivity contribution in [1.29, 1.82) is 0 Å². The largest absolute Gasteiger partial charge is 0.383 e. The van der Waals surface area contributed by atoms with Crippen molar-refractivity contribution in [3.63, 3.8) is 0 Å². The van der Waals surface area contributed by atoms with E-state index in [0.29, 0.717) is 25.6 Å². The molecule has 7 nitrogen and oxygen atoms in total. The molecule has 116 valence electrons. The lowest BCUT2D eigenvalue weighted by Gasteiger charge is -2.25. The van der Waals surface area contributed by atoms with Gasteiger partial charge in [-0.05, 0) is 19.4 Å². The van der Waals surface area contributed by atoms with Crippen LogP contribution in [0.1, 0.15) is 19.3 Å². The average molecular weight is 286 g/mol. The number of nitrogens with zero attached hydrogens (tertiary/aromatic N) is 1. The van der Waals surface area contributed by atoms with Crippen molar-refractivity contribution in [3.8, 4) is 0 Å². The molecule has 1 unspecified atom stereocenters. The number of imide groups is 1. The number of rotatable bonds is 8. The third kappa shape index (κ3) is 6.83. The van der Waals surface area contributed by atoms with Crippen LogP contribution < -0.4 is 16.0 Å². The minimum Gasteiger partial charge on any atom is -0.383 e. The molecule has 1 rings (SSSR count). The van der Waals surface area contributed by atoms with E-state index in [0.717, 1.165) is 19.6 Å². The third-order valence-corrected chi connectivity index (χ3v) is 3.39. The molecule has 3 N–H and O–H groups in total. The molecule has 0 aliphatic carbocycles. The minimum absolute atomic E-state index is 0.258. The molecule has 0 aromatic heterocycles. The van der Waals surface area contributed by atoms with Crippen molar-refractivity contribution in [2.45, 2.75) is 25.3 Å². The van der Waals surface area contributed by atoms with Crippen LogP contribution in [0.2, 0.25) is 0 Å². The fraction of sp³-hybridized carbons (Fsp3) is 0.846. The second-order valence-electron chi connectivity index (χ2n) is 4.96. The Morgan fingerprint density at radius 2 is 2.20 bits per heavy atom. The van der Waals surface area contributed by atoms with E-state index in [4.69, 9.17) is 4.74 Å². The van der Waals surface area contributed by atoms with Crippen LogP contribution in [0.5, 0.6) is 0 Å². The van der Waals surface area contributed by atoms with Crippen molar-refractivity contribution in [2.24, 2.45) is 0 Å². The molecular weight excluding hydrogens is 260 g/mol. The molecule has 1 aliphatic rings. The van der Waals surface area contributed by atoms with Crippen LogP contribution in [0.3, 0.4) is 0 Å². The maximum atomic E-state index is 11.6. The van der Waals surface area contributed by atoms with Gasteiger partial charge in [0, 0.05) is 46.3 Å². The van der Waals surface area contributed by atoms with Gasteiger partial charge in [0.05, 0.1) is 6.61 Å². The van der Waals surface area contributed by atoms with Crippen molar-refractivity contribution >= 4 is 11.9 Å². The van der Waals surface area contributed by atoms with Gasteiger partial charge in [-0.3, -0.25) is 15.0 Å². The fourth-order valence-electron chi connectivity index (χ4n) is 2.25. The summed E-state index contributed by atoms with van der Waals surface area (Å²) in [5.74, 6) is -0.258. The lowest BCUT2D eigenvalue weighted by atomic mass is 10.2. The summed E-state index contributed by atoms with van der Waals surface area (Å²) in [5, 5.41) is 8.08. The standard InChI is InChI=1S/C13H26N4O3/c1-14-13(19)16-12(18)5-7-17(8-9-20-2)10-11-4-3-6-15-11/h11,15H,3-10H2,1-2H3,(H2,14,16,18,19). The first kappa shape index (κ1) is 16.9. The first-order valence-electron chi connectivity index (χ1n) is 7.12. The van der Waals surface area contributed by atoms with E-state index in [9.17, 15) is 9.59 Å². The summed E-state index contributed by atoms with van der Waals surface area (Å²) in [7, 11) is 3.16. The topological polar surface area (TPSA) is 82.7 Å². The Bertz CT molecular complexity index is 306. The summed E-state index contributed by atoms with van der Waals surface area (Å²) in [6, 6.07) is 0.0322. The Morgan fingerprint density at radius 1 is 1.40 bits per heavy atom. The highest BCUT2D eigenvalue weighted by molar-refractivity contribution is 5.94. The van der Waals surface area contributed by atoms with E-state index in [1.54, 1.807) is 7.11 Å². The molecule has 0 spiro atoms. The molecule has 1 aliphatic heterocycles. The molecule has 20 heavy (non-hydrogen) atoms. The van der Waals surface area contributed by atoms with E-state index < -0.39 is 6.03 Å². The van der Waals surface area contributed by atoms with Gasteiger partial charge in [-0.1, -0.05) is 0 Å². The van der Waals surface area contributed by atoms with Crippen LogP contribution in [0.4, 0.5) is 4.79 Å². The maximum Gasteiger partial charge on any atom is 0.321 e. The molecule has 7 heteroatoms. The second-order valence-corrected chi connectivity index (χ2v) is 4.96. The summed E-state index contributed by atoms with van der Waals surface area (Å²) < 4.78 is 5.10. The highest BCUT2D eigenvalue weighted by Gasteiger charge is 2.18. The average Bonchev–Trinajstić information content (AvgIpc) is 2.94. The van der Waals surface area contributed by atoms with Crippen LogP contribution in [-0.2, 0) is 9.53 Å². The van der Waals surface area contributed by atoms with Crippen LogP contribution in [0.25, 0.3) is 0 Å². The SMILES string of the molecule is CNC(=O)NC(=O)CCN(CCOC)CC1CCCN1. The van der Waals surface area contributed by atoms with Gasteiger partial charge in [-0.15, -0.1) is 0 Å². The number of carbonyl (C=O) groups is 2. The van der Waals surface area contributed by atoms with Crippen LogP contribution in [-0.4, -0.2) is 69.8 Å². The molecule has 1 fully saturated rings. The monoisotopic (exact) mass is 286 g/mol. The van der Waals surface area contributed by atoms with Gasteiger partial charge in [-0.2, -0.15) is 0 Å². The molecule has 0 bridgehead atoms. The fourth-order valence-corrected chi connectivity index (χ4v) is 2.25. The predicted molar refractivity (Wildman–Crippen MR) is 76.6 cm³/mol. The molecule has 1 heterocycles. The van der Waals surface area contributed by atoms with Gasteiger partial charge >= 0.3 is 6.03 Å². The van der Waals surface area contributed by atoms with E-state index in [-0.39, 0.29) is 5.91 Å². The number of urea groups is 1. The first-order chi connectivity index (χ1) is 9.65. The quantitative estimate of drug-likeness (QED) is 0.562. The van der Waals surface area contributed by atoms with Gasteiger partial charge in [0.15, 0.2) is 0 Å². The van der Waals surface area contributed by atoms with Gasteiger partial charge in [0.2, 0.25) is 5.91 Å². The summed E-state index contributed by atoms with van der Waals surface area (Å²) in [4.78, 5) is 24.8. The molecule has 0 aromatic carbocycles. The van der Waals surface area contributed by atoms with Crippen LogP contribution in [0.15, 0.2) is 0 Å². The molecular formula is C13H26N4O3. The molecule has 0 aromatic rings. The normalized spacial score (nSPS) is 18.2. The van der Waals surface area contributed by atoms with E-state index >= 15 is 0 Å². The van der Waals surface area contributed by atoms with E-state index in [1.807, 2.05) is 0 Å². The Hall–Kier alpha value is -1.18. The Morgan fingerprint density at radius 3 is 2.80 bits per heavy atom. The highest BCUT2D eigenvalue weighted by atomic mass is 16.5. The van der Waals surface area contributed by atoms with Gasteiger partial charge in [0.1, 0.15) is 0 Å². The number of amides is 3. The van der Waals surface area contributed by atoms with Crippen molar-refractivity contribution < 1.29 is 14.3 Å². The predicted octanol–water partition coefficient (Wildman–Crippen LogP) is -0.467. The zero-order valence-corrected chi connectivity index (χ0v) is 12.4. The van der Waals surface area contributed by atoms with E-state index in [2.05, 4.69) is 20.9 Å². The molecule has 3 amide bonds. The summed E-state index contributed by atoms with van der Waals surface area (Å²) in [5.41, 5.74) is 0. The lowest BCUT2D eigenvalue weighted by Crippen LogP contribution is -2.42. The Balaban J connectivity index is 2.31. The van der Waals surface area contributed by atoms with Crippen molar-refractivity contribution in [1.82, 2.24) is 20.9 Å². The van der Waals surface area contributed by atoms with Crippen LogP contribution in [0, 0.1) is 0 Å². The number of methoxy groups -OCH3 is 1. The Kier molecular flexibility index (Phi) is 8.17.